The first kappa shape index (κ1) is 13.0. The lowest BCUT2D eigenvalue weighted by atomic mass is 9.76. The van der Waals surface area contributed by atoms with Crippen molar-refractivity contribution in [2.45, 2.75) is 42.9 Å². The fourth-order valence-electron chi connectivity index (χ4n) is 2.90. The highest BCUT2D eigenvalue weighted by atomic mass is 79.9. The molecule has 0 spiro atoms. The van der Waals surface area contributed by atoms with Gasteiger partial charge in [0.25, 0.3) is 0 Å². The van der Waals surface area contributed by atoms with Crippen LogP contribution in [0.3, 0.4) is 0 Å². The van der Waals surface area contributed by atoms with Crippen molar-refractivity contribution in [2.75, 3.05) is 12.3 Å². The van der Waals surface area contributed by atoms with E-state index in [2.05, 4.69) is 57.3 Å². The van der Waals surface area contributed by atoms with Gasteiger partial charge in [0.1, 0.15) is 0 Å². The molecular weight excluding hydrogens is 306 g/mol. The van der Waals surface area contributed by atoms with Gasteiger partial charge in [-0.25, -0.2) is 0 Å². The molecule has 3 rings (SSSR count). The Morgan fingerprint density at radius 2 is 2.00 bits per heavy atom. The Kier molecular flexibility index (Phi) is 4.32. The van der Waals surface area contributed by atoms with E-state index in [9.17, 15) is 0 Å². The molecule has 0 aromatic heterocycles. The predicted molar refractivity (Wildman–Crippen MR) is 83.4 cm³/mol. The van der Waals surface area contributed by atoms with E-state index in [0.717, 1.165) is 17.2 Å². The van der Waals surface area contributed by atoms with Crippen LogP contribution in [0, 0.1) is 0 Å². The normalized spacial score (nSPS) is 31.3. The van der Waals surface area contributed by atoms with Crippen molar-refractivity contribution >= 4 is 27.7 Å². The highest BCUT2D eigenvalue weighted by Gasteiger charge is 2.30. The van der Waals surface area contributed by atoms with Crippen LogP contribution in [0.2, 0.25) is 0 Å². The Labute approximate surface area is 122 Å². The van der Waals surface area contributed by atoms with Gasteiger partial charge in [0.15, 0.2) is 0 Å². The summed E-state index contributed by atoms with van der Waals surface area (Å²) in [4.78, 5) is 0. The summed E-state index contributed by atoms with van der Waals surface area (Å²) in [6.07, 6.45) is 5.47. The smallest absolute Gasteiger partial charge is 0.0175 e. The van der Waals surface area contributed by atoms with Crippen molar-refractivity contribution in [3.8, 4) is 0 Å². The highest BCUT2D eigenvalue weighted by molar-refractivity contribution is 9.10. The maximum absolute atomic E-state index is 3.74. The molecule has 1 atom stereocenters. The molecule has 18 heavy (non-hydrogen) atoms. The zero-order valence-corrected chi connectivity index (χ0v) is 13.0. The largest absolute Gasteiger partial charge is 0.313 e. The average molecular weight is 326 g/mol. The average Bonchev–Trinajstić information content (AvgIpc) is 2.82. The van der Waals surface area contributed by atoms with E-state index < -0.39 is 0 Å². The van der Waals surface area contributed by atoms with Crippen molar-refractivity contribution in [2.24, 2.45) is 0 Å². The van der Waals surface area contributed by atoms with E-state index in [1.54, 1.807) is 0 Å². The third kappa shape index (κ3) is 3.12. The van der Waals surface area contributed by atoms with E-state index >= 15 is 0 Å². The second-order valence-electron chi connectivity index (χ2n) is 5.46. The van der Waals surface area contributed by atoms with Gasteiger partial charge in [0, 0.05) is 22.3 Å². The van der Waals surface area contributed by atoms with E-state index in [1.165, 1.54) is 48.0 Å². The number of benzene rings is 1. The summed E-state index contributed by atoms with van der Waals surface area (Å²) in [5.41, 5.74) is 1.51. The van der Waals surface area contributed by atoms with Gasteiger partial charge in [-0.1, -0.05) is 28.1 Å². The number of thioether (sulfide) groups is 1. The van der Waals surface area contributed by atoms with Crippen LogP contribution >= 0.6 is 27.7 Å². The Balaban J connectivity index is 1.41. The molecule has 1 unspecified atom stereocenters. The first-order chi connectivity index (χ1) is 8.81. The minimum absolute atomic E-state index is 0.764. The number of halogens is 1. The monoisotopic (exact) mass is 325 g/mol. The topological polar surface area (TPSA) is 12.0 Å². The lowest BCUT2D eigenvalue weighted by Crippen LogP contribution is -2.42. The minimum Gasteiger partial charge on any atom is -0.313 e. The van der Waals surface area contributed by atoms with Crippen molar-refractivity contribution in [1.82, 2.24) is 5.32 Å². The molecule has 1 aromatic carbocycles. The molecule has 1 saturated carbocycles. The molecule has 1 aromatic rings. The molecule has 1 nitrogen and oxygen atoms in total. The molecule has 0 radical (unpaired) electrons. The second kappa shape index (κ2) is 5.98. The first-order valence-electron chi connectivity index (χ1n) is 6.92. The Morgan fingerprint density at radius 1 is 1.22 bits per heavy atom. The second-order valence-corrected chi connectivity index (χ2v) is 7.78. The SMILES string of the molecule is Brc1ccc(C2CC(NCC3CCCS3)C2)cc1. The molecule has 3 heteroatoms. The molecule has 2 aliphatic rings. The minimum atomic E-state index is 0.764. The molecular formula is C15H20BrNS. The van der Waals surface area contributed by atoms with Gasteiger partial charge in [-0.3, -0.25) is 0 Å². The van der Waals surface area contributed by atoms with E-state index in [-0.39, 0.29) is 0 Å². The maximum atomic E-state index is 3.74. The zero-order chi connectivity index (χ0) is 12.4. The third-order valence-electron chi connectivity index (χ3n) is 4.14. The zero-order valence-electron chi connectivity index (χ0n) is 10.6. The molecule has 1 heterocycles. The summed E-state index contributed by atoms with van der Waals surface area (Å²) in [6, 6.07) is 9.60. The van der Waals surface area contributed by atoms with Gasteiger partial charge >= 0.3 is 0 Å². The molecule has 1 aliphatic carbocycles. The Morgan fingerprint density at radius 3 is 2.67 bits per heavy atom. The Hall–Kier alpha value is 0.01000. The van der Waals surface area contributed by atoms with Crippen molar-refractivity contribution in [1.29, 1.82) is 0 Å². The van der Waals surface area contributed by atoms with Crippen LogP contribution in [0.25, 0.3) is 0 Å². The molecule has 1 saturated heterocycles. The van der Waals surface area contributed by atoms with Crippen LogP contribution < -0.4 is 5.32 Å². The standard InChI is InChI=1S/C15H20BrNS/c16-13-5-3-11(4-6-13)12-8-14(9-12)17-10-15-2-1-7-18-15/h3-6,12,14-15,17H,1-2,7-10H2. The number of hydrogen-bond acceptors (Lipinski definition) is 2. The van der Waals surface area contributed by atoms with Gasteiger partial charge < -0.3 is 5.32 Å². The summed E-state index contributed by atoms with van der Waals surface area (Å²) in [7, 11) is 0. The van der Waals surface area contributed by atoms with Crippen LogP contribution in [0.5, 0.6) is 0 Å². The maximum Gasteiger partial charge on any atom is 0.0175 e. The third-order valence-corrected chi connectivity index (χ3v) is 6.06. The summed E-state index contributed by atoms with van der Waals surface area (Å²) < 4.78 is 1.18. The highest BCUT2D eigenvalue weighted by Crippen LogP contribution is 2.37. The predicted octanol–water partition coefficient (Wildman–Crippen LogP) is 4.18. The molecule has 1 N–H and O–H groups in total. The fourth-order valence-corrected chi connectivity index (χ4v) is 4.37. The quantitative estimate of drug-likeness (QED) is 0.891. The van der Waals surface area contributed by atoms with Gasteiger partial charge in [-0.05, 0) is 55.1 Å². The lowest BCUT2D eigenvalue weighted by molar-refractivity contribution is 0.291. The Bertz CT molecular complexity index is 380. The van der Waals surface area contributed by atoms with Crippen molar-refractivity contribution < 1.29 is 0 Å². The molecule has 1 aliphatic heterocycles. The van der Waals surface area contributed by atoms with E-state index in [0.29, 0.717) is 0 Å². The summed E-state index contributed by atoms with van der Waals surface area (Å²) in [6.45, 7) is 1.22. The van der Waals surface area contributed by atoms with Crippen molar-refractivity contribution in [3.05, 3.63) is 34.3 Å². The first-order valence-corrected chi connectivity index (χ1v) is 8.76. The van der Waals surface area contributed by atoms with E-state index in [4.69, 9.17) is 0 Å². The lowest BCUT2D eigenvalue weighted by Gasteiger charge is -2.37. The number of rotatable bonds is 4. The van der Waals surface area contributed by atoms with Crippen LogP contribution in [-0.2, 0) is 0 Å². The molecule has 0 amide bonds. The van der Waals surface area contributed by atoms with Crippen LogP contribution in [-0.4, -0.2) is 23.6 Å². The van der Waals surface area contributed by atoms with Gasteiger partial charge in [-0.15, -0.1) is 0 Å². The van der Waals surface area contributed by atoms with Gasteiger partial charge in [0.2, 0.25) is 0 Å². The summed E-state index contributed by atoms with van der Waals surface area (Å²) >= 11 is 5.64. The number of hydrogen-bond donors (Lipinski definition) is 1. The molecule has 98 valence electrons. The van der Waals surface area contributed by atoms with Crippen LogP contribution in [0.4, 0.5) is 0 Å². The van der Waals surface area contributed by atoms with Crippen LogP contribution in [0.1, 0.15) is 37.2 Å². The molecule has 2 fully saturated rings. The summed E-state index contributed by atoms with van der Waals surface area (Å²) in [5, 5.41) is 4.63. The van der Waals surface area contributed by atoms with Gasteiger partial charge in [-0.2, -0.15) is 11.8 Å². The van der Waals surface area contributed by atoms with E-state index in [1.807, 2.05) is 0 Å². The number of nitrogens with one attached hydrogen (secondary N) is 1. The fraction of sp³-hybridized carbons (Fsp3) is 0.600. The van der Waals surface area contributed by atoms with Crippen LogP contribution in [0.15, 0.2) is 28.7 Å². The van der Waals surface area contributed by atoms with Crippen molar-refractivity contribution in [3.63, 3.8) is 0 Å². The van der Waals surface area contributed by atoms with Gasteiger partial charge in [0.05, 0.1) is 0 Å². The summed E-state index contributed by atoms with van der Waals surface area (Å²) in [5.74, 6) is 2.16. The molecule has 0 bridgehead atoms.